The number of rotatable bonds is 7. The van der Waals surface area contributed by atoms with E-state index in [2.05, 4.69) is 15.2 Å². The molecule has 29 heavy (non-hydrogen) atoms. The Morgan fingerprint density at radius 1 is 1.07 bits per heavy atom. The van der Waals surface area contributed by atoms with Crippen molar-refractivity contribution >= 4 is 29.1 Å². The Hall–Kier alpha value is -3.10. The van der Waals surface area contributed by atoms with Crippen LogP contribution in [0.25, 0.3) is 22.9 Å². The minimum atomic E-state index is -0.160. The second kappa shape index (κ2) is 8.50. The smallest absolute Gasteiger partial charge is 0.210 e. The van der Waals surface area contributed by atoms with Crippen molar-refractivity contribution < 1.29 is 18.4 Å². The first-order valence-corrected chi connectivity index (χ1v) is 9.84. The van der Waals surface area contributed by atoms with Crippen LogP contribution < -0.4 is 4.74 Å². The summed E-state index contributed by atoms with van der Waals surface area (Å²) in [5.41, 5.74) is 1.34. The number of ether oxygens (including phenoxy) is 1. The maximum Gasteiger partial charge on any atom is 0.210 e. The summed E-state index contributed by atoms with van der Waals surface area (Å²) in [6.07, 6.45) is 3.09. The lowest BCUT2D eigenvalue weighted by molar-refractivity contribution is 0.101. The Labute approximate surface area is 175 Å². The summed E-state index contributed by atoms with van der Waals surface area (Å²) in [5, 5.41) is 9.15. The fourth-order valence-electron chi connectivity index (χ4n) is 2.64. The van der Waals surface area contributed by atoms with Crippen LogP contribution in [0.2, 0.25) is 5.02 Å². The van der Waals surface area contributed by atoms with Gasteiger partial charge in [0.25, 0.3) is 0 Å². The molecule has 0 amide bonds. The molecular weight excluding hydrogens is 414 g/mol. The van der Waals surface area contributed by atoms with Gasteiger partial charge in [0.2, 0.25) is 5.16 Å². The largest absolute Gasteiger partial charge is 0.496 e. The zero-order valence-electron chi connectivity index (χ0n) is 15.2. The fraction of sp³-hybridized carbons (Fsp3) is 0.100. The molecule has 3 heterocycles. The van der Waals surface area contributed by atoms with Crippen LogP contribution in [0.15, 0.2) is 69.0 Å². The van der Waals surface area contributed by atoms with Gasteiger partial charge in [-0.2, -0.15) is 0 Å². The minimum absolute atomic E-state index is 0.0933. The molecule has 0 aliphatic heterocycles. The molecule has 0 saturated carbocycles. The van der Waals surface area contributed by atoms with Crippen molar-refractivity contribution in [2.24, 2.45) is 0 Å². The Morgan fingerprint density at radius 2 is 1.79 bits per heavy atom. The summed E-state index contributed by atoms with van der Waals surface area (Å²) in [4.78, 5) is 17.2. The number of carbonyl (C=O) groups is 1. The predicted molar refractivity (Wildman–Crippen MR) is 108 cm³/mol. The molecule has 4 aromatic rings. The van der Waals surface area contributed by atoms with Crippen molar-refractivity contribution in [1.29, 1.82) is 0 Å². The van der Waals surface area contributed by atoms with Crippen molar-refractivity contribution in [2.75, 3.05) is 12.9 Å². The SMILES string of the molecule is COc1ccc(Cl)cc1C(=O)CSc1nnc(-c2ccco2)c(-c2ccco2)n1. The maximum atomic E-state index is 12.6. The number of hydrogen-bond donors (Lipinski definition) is 0. The van der Waals surface area contributed by atoms with E-state index in [-0.39, 0.29) is 11.5 Å². The van der Waals surface area contributed by atoms with Crippen molar-refractivity contribution in [3.8, 4) is 28.7 Å². The molecule has 0 radical (unpaired) electrons. The molecule has 146 valence electrons. The van der Waals surface area contributed by atoms with Gasteiger partial charge in [0.05, 0.1) is 31.0 Å². The number of carbonyl (C=O) groups excluding carboxylic acids is 1. The van der Waals surface area contributed by atoms with Gasteiger partial charge in [0.1, 0.15) is 11.4 Å². The molecule has 0 bridgehead atoms. The lowest BCUT2D eigenvalue weighted by Gasteiger charge is -2.08. The summed E-state index contributed by atoms with van der Waals surface area (Å²) in [6.45, 7) is 0. The Bertz CT molecular complexity index is 1130. The number of furan rings is 2. The monoisotopic (exact) mass is 427 g/mol. The number of benzene rings is 1. The molecule has 1 aromatic carbocycles. The van der Waals surface area contributed by atoms with Gasteiger partial charge in [0, 0.05) is 5.02 Å². The van der Waals surface area contributed by atoms with E-state index < -0.39 is 0 Å². The van der Waals surface area contributed by atoms with Crippen LogP contribution in [0.5, 0.6) is 5.75 Å². The second-order valence-electron chi connectivity index (χ2n) is 5.80. The average molecular weight is 428 g/mol. The first kappa shape index (κ1) is 19.2. The standard InChI is InChI=1S/C20H14ClN3O4S/c1-26-15-7-6-12(21)10-13(15)14(25)11-29-20-22-18(16-4-2-8-27-16)19(23-24-20)17-5-3-9-28-17/h2-10H,11H2,1H3. The van der Waals surface area contributed by atoms with Gasteiger partial charge in [-0.05, 0) is 42.5 Å². The minimum Gasteiger partial charge on any atom is -0.496 e. The number of methoxy groups -OCH3 is 1. The van der Waals surface area contributed by atoms with Gasteiger partial charge in [-0.3, -0.25) is 4.79 Å². The van der Waals surface area contributed by atoms with Gasteiger partial charge in [-0.25, -0.2) is 4.98 Å². The zero-order valence-corrected chi connectivity index (χ0v) is 16.7. The Kier molecular flexibility index (Phi) is 5.64. The lowest BCUT2D eigenvalue weighted by atomic mass is 10.1. The molecule has 0 saturated heterocycles. The van der Waals surface area contributed by atoms with Crippen LogP contribution in [-0.4, -0.2) is 33.8 Å². The zero-order chi connectivity index (χ0) is 20.2. The van der Waals surface area contributed by atoms with E-state index in [0.717, 1.165) is 11.8 Å². The van der Waals surface area contributed by atoms with Gasteiger partial charge >= 0.3 is 0 Å². The number of nitrogens with zero attached hydrogens (tertiary/aromatic N) is 3. The number of thioether (sulfide) groups is 1. The fourth-order valence-corrected chi connectivity index (χ4v) is 3.48. The summed E-state index contributed by atoms with van der Waals surface area (Å²) in [5.74, 6) is 1.44. The third-order valence-corrected chi connectivity index (χ3v) is 5.04. The van der Waals surface area contributed by atoms with Crippen LogP contribution in [0.4, 0.5) is 0 Å². The molecular formula is C20H14ClN3O4S. The molecule has 0 aliphatic rings. The highest BCUT2D eigenvalue weighted by Gasteiger charge is 2.19. The van der Waals surface area contributed by atoms with Crippen LogP contribution in [-0.2, 0) is 0 Å². The van der Waals surface area contributed by atoms with Crippen molar-refractivity contribution in [2.45, 2.75) is 5.16 Å². The topological polar surface area (TPSA) is 91.2 Å². The molecule has 7 nitrogen and oxygen atoms in total. The Morgan fingerprint density at radius 3 is 2.45 bits per heavy atom. The maximum absolute atomic E-state index is 12.6. The second-order valence-corrected chi connectivity index (χ2v) is 7.18. The van der Waals surface area contributed by atoms with Gasteiger partial charge in [-0.15, -0.1) is 10.2 Å². The molecule has 0 fully saturated rings. The number of Topliss-reactive ketones (excluding diaryl/α,β-unsaturated/α-hetero) is 1. The number of ketones is 1. The van der Waals surface area contributed by atoms with E-state index in [4.69, 9.17) is 25.2 Å². The third-order valence-electron chi connectivity index (χ3n) is 3.97. The highest BCUT2D eigenvalue weighted by molar-refractivity contribution is 7.99. The van der Waals surface area contributed by atoms with E-state index in [1.54, 1.807) is 55.0 Å². The number of aromatic nitrogens is 3. The quantitative estimate of drug-likeness (QED) is 0.299. The summed E-state index contributed by atoms with van der Waals surface area (Å²) < 4.78 is 16.1. The molecule has 0 unspecified atom stereocenters. The summed E-state index contributed by atoms with van der Waals surface area (Å²) in [6, 6.07) is 11.9. The van der Waals surface area contributed by atoms with E-state index in [1.165, 1.54) is 7.11 Å². The predicted octanol–water partition coefficient (Wildman–Crippen LogP) is 5.03. The molecule has 3 aromatic heterocycles. The van der Waals surface area contributed by atoms with Gasteiger partial charge in [0.15, 0.2) is 23.0 Å². The van der Waals surface area contributed by atoms with Crippen LogP contribution in [0, 0.1) is 0 Å². The molecule has 9 heteroatoms. The molecule has 0 spiro atoms. The van der Waals surface area contributed by atoms with Gasteiger partial charge < -0.3 is 13.6 Å². The Balaban J connectivity index is 1.59. The van der Waals surface area contributed by atoms with Crippen molar-refractivity contribution in [1.82, 2.24) is 15.2 Å². The molecule has 0 atom stereocenters. The van der Waals surface area contributed by atoms with Crippen molar-refractivity contribution in [3.63, 3.8) is 0 Å². The molecule has 0 aliphatic carbocycles. The van der Waals surface area contributed by atoms with Crippen LogP contribution >= 0.6 is 23.4 Å². The number of hydrogen-bond acceptors (Lipinski definition) is 8. The first-order chi connectivity index (χ1) is 14.2. The van der Waals surface area contributed by atoms with Crippen LogP contribution in [0.3, 0.4) is 0 Å². The average Bonchev–Trinajstić information content (AvgIpc) is 3.46. The summed E-state index contributed by atoms with van der Waals surface area (Å²) >= 11 is 7.17. The lowest BCUT2D eigenvalue weighted by Crippen LogP contribution is -2.06. The summed E-state index contributed by atoms with van der Waals surface area (Å²) in [7, 11) is 1.50. The van der Waals surface area contributed by atoms with E-state index in [0.29, 0.717) is 44.4 Å². The van der Waals surface area contributed by atoms with Crippen molar-refractivity contribution in [3.05, 3.63) is 65.6 Å². The van der Waals surface area contributed by atoms with E-state index in [9.17, 15) is 4.79 Å². The third kappa shape index (κ3) is 4.18. The van der Waals surface area contributed by atoms with E-state index >= 15 is 0 Å². The first-order valence-electron chi connectivity index (χ1n) is 8.47. The molecule has 0 N–H and O–H groups in total. The highest BCUT2D eigenvalue weighted by Crippen LogP contribution is 2.31. The van der Waals surface area contributed by atoms with E-state index in [1.807, 2.05) is 0 Å². The molecule has 4 rings (SSSR count). The highest BCUT2D eigenvalue weighted by atomic mass is 35.5. The van der Waals surface area contributed by atoms with Crippen LogP contribution in [0.1, 0.15) is 10.4 Å². The number of halogens is 1. The normalized spacial score (nSPS) is 10.8. The van der Waals surface area contributed by atoms with Gasteiger partial charge in [-0.1, -0.05) is 23.4 Å².